The zero-order chi connectivity index (χ0) is 11.7. The van der Waals surface area contributed by atoms with E-state index in [0.717, 1.165) is 12.2 Å². The van der Waals surface area contributed by atoms with Gasteiger partial charge in [0.25, 0.3) is 0 Å². The van der Waals surface area contributed by atoms with Crippen LogP contribution in [0.4, 0.5) is 0 Å². The molecular formula is C11H12O4. The first-order valence-electron chi connectivity index (χ1n) is 4.13. The lowest BCUT2D eigenvalue weighted by atomic mass is 10.4. The molecule has 0 spiro atoms. The van der Waals surface area contributed by atoms with Crippen LogP contribution in [-0.4, -0.2) is 23.1 Å². The maximum atomic E-state index is 10.6. The average Bonchev–Trinajstić information content (AvgIpc) is 2.71. The van der Waals surface area contributed by atoms with Gasteiger partial charge in [-0.2, -0.15) is 0 Å². The molecule has 0 aromatic heterocycles. The van der Waals surface area contributed by atoms with Gasteiger partial charge in [-0.3, -0.25) is 0 Å². The lowest BCUT2D eigenvalue weighted by Gasteiger charge is -2.03. The van der Waals surface area contributed by atoms with Crippen LogP contribution < -0.4 is 0 Å². The summed E-state index contributed by atoms with van der Waals surface area (Å²) in [6.45, 7) is 6.24. The predicted molar refractivity (Wildman–Crippen MR) is 56.2 cm³/mol. The van der Waals surface area contributed by atoms with E-state index in [1.807, 2.05) is 12.2 Å². The summed E-state index contributed by atoms with van der Waals surface area (Å²) in [5.74, 6) is -1.37. The molecule has 15 heavy (non-hydrogen) atoms. The van der Waals surface area contributed by atoms with Crippen molar-refractivity contribution >= 4 is 11.9 Å². The zero-order valence-corrected chi connectivity index (χ0v) is 8.13. The third kappa shape index (κ3) is 7.01. The van der Waals surface area contributed by atoms with E-state index in [2.05, 4.69) is 13.2 Å². The van der Waals surface area contributed by atoms with Crippen molar-refractivity contribution in [1.29, 1.82) is 0 Å². The molecule has 0 aromatic carbocycles. The number of carboxylic acids is 1. The van der Waals surface area contributed by atoms with Gasteiger partial charge in [0.05, 0.1) is 0 Å². The number of allylic oxidation sites excluding steroid dienone is 2. The van der Waals surface area contributed by atoms with E-state index in [1.54, 1.807) is 12.2 Å². The van der Waals surface area contributed by atoms with Crippen LogP contribution >= 0.6 is 0 Å². The van der Waals surface area contributed by atoms with Crippen molar-refractivity contribution in [1.82, 2.24) is 0 Å². The highest BCUT2D eigenvalue weighted by atomic mass is 16.5. The summed E-state index contributed by atoms with van der Waals surface area (Å²) in [5.41, 5.74) is 0. The minimum absolute atomic E-state index is 0.189. The van der Waals surface area contributed by atoms with E-state index in [1.165, 1.54) is 0 Å². The number of hydrogen-bond acceptors (Lipinski definition) is 3. The van der Waals surface area contributed by atoms with Crippen molar-refractivity contribution in [3.63, 3.8) is 0 Å². The maximum absolute atomic E-state index is 10.6. The van der Waals surface area contributed by atoms with Crippen molar-refractivity contribution in [2.75, 3.05) is 0 Å². The molecule has 1 aliphatic carbocycles. The van der Waals surface area contributed by atoms with Gasteiger partial charge in [-0.15, -0.1) is 0 Å². The number of carbonyl (C=O) groups is 2. The second-order valence-corrected chi connectivity index (χ2v) is 2.42. The molecule has 0 bridgehead atoms. The van der Waals surface area contributed by atoms with Gasteiger partial charge < -0.3 is 9.84 Å². The Labute approximate surface area is 87.9 Å². The molecule has 80 valence electrons. The normalized spacial score (nSPS) is 12.5. The molecule has 1 aliphatic rings. The van der Waals surface area contributed by atoms with Crippen molar-refractivity contribution in [3.8, 4) is 0 Å². The van der Waals surface area contributed by atoms with E-state index in [-0.39, 0.29) is 12.1 Å². The highest BCUT2D eigenvalue weighted by Gasteiger charge is 2.06. The Morgan fingerprint density at radius 2 is 1.67 bits per heavy atom. The Kier molecular flexibility index (Phi) is 6.29. The smallest absolute Gasteiger partial charge is 0.331 e. The Balaban J connectivity index is 0.000000336. The third-order valence-corrected chi connectivity index (χ3v) is 1.31. The second kappa shape index (κ2) is 7.32. The molecule has 0 radical (unpaired) electrons. The number of hydrogen-bond donors (Lipinski definition) is 1. The highest BCUT2D eigenvalue weighted by Crippen LogP contribution is 2.04. The Morgan fingerprint density at radius 1 is 1.20 bits per heavy atom. The monoisotopic (exact) mass is 208 g/mol. The molecule has 0 saturated carbocycles. The van der Waals surface area contributed by atoms with Crippen LogP contribution in [0, 0.1) is 0 Å². The summed E-state index contributed by atoms with van der Waals surface area (Å²) in [4.78, 5) is 19.8. The van der Waals surface area contributed by atoms with Crippen molar-refractivity contribution in [2.24, 2.45) is 0 Å². The lowest BCUT2D eigenvalue weighted by Crippen LogP contribution is -2.09. The van der Waals surface area contributed by atoms with Gasteiger partial charge in [0.1, 0.15) is 6.10 Å². The van der Waals surface area contributed by atoms with Gasteiger partial charge in [-0.05, 0) is 12.2 Å². The summed E-state index contributed by atoms with van der Waals surface area (Å²) in [6.07, 6.45) is 9.05. The van der Waals surface area contributed by atoms with Crippen LogP contribution in [-0.2, 0) is 14.3 Å². The number of ether oxygens (including phenoxy) is 1. The van der Waals surface area contributed by atoms with Crippen LogP contribution in [0.1, 0.15) is 0 Å². The Morgan fingerprint density at radius 3 is 2.00 bits per heavy atom. The van der Waals surface area contributed by atoms with Crippen LogP contribution in [0.5, 0.6) is 0 Å². The molecule has 0 atom stereocenters. The van der Waals surface area contributed by atoms with Gasteiger partial charge in [0.2, 0.25) is 0 Å². The maximum Gasteiger partial charge on any atom is 0.331 e. The molecule has 0 fully saturated rings. The first-order valence-corrected chi connectivity index (χ1v) is 4.13. The highest BCUT2D eigenvalue weighted by molar-refractivity contribution is 5.81. The van der Waals surface area contributed by atoms with Crippen molar-refractivity contribution in [3.05, 3.63) is 49.6 Å². The average molecular weight is 208 g/mol. The van der Waals surface area contributed by atoms with Crippen LogP contribution in [0.25, 0.3) is 0 Å². The number of esters is 1. The van der Waals surface area contributed by atoms with Crippen molar-refractivity contribution < 1.29 is 19.4 Å². The summed E-state index contributed by atoms with van der Waals surface area (Å²) >= 11 is 0. The molecule has 1 rings (SSSR count). The SMILES string of the molecule is C=CC(=O)O.C=CC(=O)OC1C=CC=C1. The number of rotatable bonds is 3. The molecule has 4 heteroatoms. The molecule has 0 aliphatic heterocycles. The van der Waals surface area contributed by atoms with E-state index >= 15 is 0 Å². The van der Waals surface area contributed by atoms with Gasteiger partial charge in [0.15, 0.2) is 0 Å². The van der Waals surface area contributed by atoms with E-state index in [4.69, 9.17) is 9.84 Å². The minimum atomic E-state index is -0.981. The molecule has 0 amide bonds. The molecule has 1 N–H and O–H groups in total. The summed E-state index contributed by atoms with van der Waals surface area (Å²) in [6, 6.07) is 0. The largest absolute Gasteiger partial charge is 0.478 e. The molecule has 4 nitrogen and oxygen atoms in total. The van der Waals surface area contributed by atoms with Gasteiger partial charge in [-0.1, -0.05) is 25.3 Å². The molecule has 0 saturated heterocycles. The van der Waals surface area contributed by atoms with Gasteiger partial charge in [-0.25, -0.2) is 9.59 Å². The van der Waals surface area contributed by atoms with Gasteiger partial charge >= 0.3 is 11.9 Å². The summed E-state index contributed by atoms with van der Waals surface area (Å²) < 4.78 is 4.83. The standard InChI is InChI=1S/C8H8O2.C3H4O2/c1-2-8(9)10-7-5-3-4-6-7;1-2-3(4)5/h2-7H,1H2;2H,1H2,(H,4,5). The number of carbonyl (C=O) groups excluding carboxylic acids is 1. The number of carboxylic acid groups (broad SMARTS) is 1. The second-order valence-electron chi connectivity index (χ2n) is 2.42. The topological polar surface area (TPSA) is 63.6 Å². The Hall–Kier alpha value is -2.10. The summed E-state index contributed by atoms with van der Waals surface area (Å²) in [7, 11) is 0. The van der Waals surface area contributed by atoms with Crippen LogP contribution in [0.2, 0.25) is 0 Å². The number of aliphatic carboxylic acids is 1. The third-order valence-electron chi connectivity index (χ3n) is 1.31. The fourth-order valence-corrected chi connectivity index (χ4v) is 0.672. The zero-order valence-electron chi connectivity index (χ0n) is 8.13. The predicted octanol–water partition coefficient (Wildman–Crippen LogP) is 1.47. The molecule has 0 heterocycles. The fourth-order valence-electron chi connectivity index (χ4n) is 0.672. The molecular weight excluding hydrogens is 196 g/mol. The minimum Gasteiger partial charge on any atom is -0.478 e. The first-order chi connectivity index (χ1) is 7.10. The fraction of sp³-hybridized carbons (Fsp3) is 0.0909. The molecule has 0 unspecified atom stereocenters. The quantitative estimate of drug-likeness (QED) is 0.563. The van der Waals surface area contributed by atoms with Crippen molar-refractivity contribution in [2.45, 2.75) is 6.10 Å². The van der Waals surface area contributed by atoms with E-state index in [0.29, 0.717) is 0 Å². The lowest BCUT2D eigenvalue weighted by molar-refractivity contribution is -0.139. The summed E-state index contributed by atoms with van der Waals surface area (Å²) in [5, 5.41) is 7.60. The van der Waals surface area contributed by atoms with E-state index < -0.39 is 5.97 Å². The molecule has 0 aromatic rings. The first kappa shape index (κ1) is 12.9. The van der Waals surface area contributed by atoms with Gasteiger partial charge in [0, 0.05) is 12.2 Å². The van der Waals surface area contributed by atoms with Crippen LogP contribution in [0.15, 0.2) is 49.6 Å². The Bertz CT molecular complexity index is 301. The van der Waals surface area contributed by atoms with E-state index in [9.17, 15) is 9.59 Å². The van der Waals surface area contributed by atoms with Crippen LogP contribution in [0.3, 0.4) is 0 Å².